The second-order valence-corrected chi connectivity index (χ2v) is 4.89. The number of hydrogen-bond acceptors (Lipinski definition) is 4. The van der Waals surface area contributed by atoms with Gasteiger partial charge in [0.05, 0.1) is 5.92 Å². The molecule has 1 aliphatic heterocycles. The largest absolute Gasteiger partial charge is 0.481 e. The molecule has 2 unspecified atom stereocenters. The summed E-state index contributed by atoms with van der Waals surface area (Å²) in [6, 6.07) is 3.10. The highest BCUT2D eigenvalue weighted by molar-refractivity contribution is 5.93. The number of aryl methyl sites for hydroxylation is 1. The molecule has 0 aromatic carbocycles. The van der Waals surface area contributed by atoms with Gasteiger partial charge in [0.1, 0.15) is 5.82 Å². The van der Waals surface area contributed by atoms with Gasteiger partial charge in [0.2, 0.25) is 5.91 Å². The lowest BCUT2D eigenvalue weighted by molar-refractivity contribution is -0.141. The first kappa shape index (κ1) is 13.3. The summed E-state index contributed by atoms with van der Waals surface area (Å²) in [6.07, 6.45) is 0.581. The second kappa shape index (κ2) is 4.87. The summed E-state index contributed by atoms with van der Waals surface area (Å²) >= 11 is 0. The number of amides is 1. The molecule has 0 spiro atoms. The summed E-state index contributed by atoms with van der Waals surface area (Å²) in [5, 5.41) is 9.12. The monoisotopic (exact) mass is 263 g/mol. The van der Waals surface area contributed by atoms with E-state index in [0.29, 0.717) is 30.0 Å². The number of rotatable bonds is 3. The molecule has 0 bridgehead atoms. The number of carbonyl (C=O) groups is 2. The molecule has 3 N–H and O–H groups in total. The molecule has 0 radical (unpaired) electrons. The molecule has 19 heavy (non-hydrogen) atoms. The van der Waals surface area contributed by atoms with Gasteiger partial charge in [0.25, 0.3) is 0 Å². The van der Waals surface area contributed by atoms with Crippen LogP contribution in [0.4, 0.5) is 5.82 Å². The molecule has 1 aromatic rings. The highest BCUT2D eigenvalue weighted by atomic mass is 16.4. The van der Waals surface area contributed by atoms with Crippen molar-refractivity contribution < 1.29 is 14.7 Å². The van der Waals surface area contributed by atoms with Crippen molar-refractivity contribution in [3.8, 4) is 0 Å². The molecule has 102 valence electrons. The number of nitrogens with zero attached hydrogens (tertiary/aromatic N) is 2. The van der Waals surface area contributed by atoms with E-state index in [1.165, 1.54) is 0 Å². The molecule has 1 saturated heterocycles. The van der Waals surface area contributed by atoms with Gasteiger partial charge in [-0.15, -0.1) is 0 Å². The van der Waals surface area contributed by atoms with Crippen LogP contribution in [0.3, 0.4) is 0 Å². The van der Waals surface area contributed by atoms with Crippen molar-refractivity contribution in [1.29, 1.82) is 0 Å². The Morgan fingerprint density at radius 1 is 1.47 bits per heavy atom. The van der Waals surface area contributed by atoms with E-state index in [1.807, 2.05) is 11.8 Å². The zero-order valence-corrected chi connectivity index (χ0v) is 11.0. The van der Waals surface area contributed by atoms with Crippen molar-refractivity contribution in [2.75, 3.05) is 11.4 Å². The first-order valence-electron chi connectivity index (χ1n) is 6.18. The number of carboxylic acid groups (broad SMARTS) is 1. The normalized spacial score (nSPS) is 22.5. The second-order valence-electron chi connectivity index (χ2n) is 4.89. The third kappa shape index (κ3) is 2.52. The summed E-state index contributed by atoms with van der Waals surface area (Å²) in [6.45, 7) is 4.26. The summed E-state index contributed by atoms with van der Waals surface area (Å²) in [5.74, 6) is -1.09. The van der Waals surface area contributed by atoms with Crippen LogP contribution in [0.5, 0.6) is 0 Å². The van der Waals surface area contributed by atoms with Gasteiger partial charge in [-0.2, -0.15) is 0 Å². The van der Waals surface area contributed by atoms with E-state index in [2.05, 4.69) is 4.98 Å². The highest BCUT2D eigenvalue weighted by Crippen LogP contribution is 2.29. The Hall–Kier alpha value is -2.11. The van der Waals surface area contributed by atoms with Gasteiger partial charge in [0, 0.05) is 23.8 Å². The van der Waals surface area contributed by atoms with Crippen molar-refractivity contribution >= 4 is 17.7 Å². The number of nitrogens with two attached hydrogens (primary N) is 1. The summed E-state index contributed by atoms with van der Waals surface area (Å²) in [4.78, 5) is 28.6. The van der Waals surface area contributed by atoms with Crippen molar-refractivity contribution in [3.63, 3.8) is 0 Å². The summed E-state index contributed by atoms with van der Waals surface area (Å²) < 4.78 is 0. The number of aliphatic carboxylic acids is 1. The molecular formula is C13H17N3O3. The van der Waals surface area contributed by atoms with Gasteiger partial charge in [0.15, 0.2) is 0 Å². The minimum atomic E-state index is -0.794. The molecule has 6 heteroatoms. The molecule has 0 saturated carbocycles. The molecule has 6 nitrogen and oxygen atoms in total. The van der Waals surface area contributed by atoms with Crippen LogP contribution in [0.2, 0.25) is 0 Å². The Morgan fingerprint density at radius 3 is 2.68 bits per heavy atom. The van der Waals surface area contributed by atoms with Crippen LogP contribution in [0.1, 0.15) is 29.4 Å². The quantitative estimate of drug-likeness (QED) is 0.840. The van der Waals surface area contributed by atoms with Crippen LogP contribution in [0, 0.1) is 12.8 Å². The van der Waals surface area contributed by atoms with Gasteiger partial charge in [-0.05, 0) is 32.4 Å². The molecule has 1 aliphatic rings. The number of pyridine rings is 1. The maximum Gasteiger partial charge on any atom is 0.308 e. The molecule has 2 rings (SSSR count). The fourth-order valence-electron chi connectivity index (χ4n) is 2.53. The number of aromatic nitrogens is 1. The van der Waals surface area contributed by atoms with Gasteiger partial charge in [-0.1, -0.05) is 0 Å². The van der Waals surface area contributed by atoms with E-state index in [0.717, 1.165) is 0 Å². The van der Waals surface area contributed by atoms with Gasteiger partial charge < -0.3 is 15.7 Å². The molecule has 1 amide bonds. The summed E-state index contributed by atoms with van der Waals surface area (Å²) in [5.41, 5.74) is 6.37. The van der Waals surface area contributed by atoms with Gasteiger partial charge in [-0.25, -0.2) is 4.98 Å². The molecule has 2 heterocycles. The van der Waals surface area contributed by atoms with Crippen molar-refractivity contribution in [3.05, 3.63) is 23.4 Å². The Morgan fingerprint density at radius 2 is 2.16 bits per heavy atom. The highest BCUT2D eigenvalue weighted by Gasteiger charge is 2.36. The number of carbonyl (C=O) groups excluding carboxylic acids is 1. The van der Waals surface area contributed by atoms with Crippen molar-refractivity contribution in [2.45, 2.75) is 26.3 Å². The average molecular weight is 263 g/mol. The van der Waals surface area contributed by atoms with Crippen LogP contribution in [-0.4, -0.2) is 34.6 Å². The Labute approximate surface area is 111 Å². The fourth-order valence-corrected chi connectivity index (χ4v) is 2.53. The van der Waals surface area contributed by atoms with E-state index < -0.39 is 17.8 Å². The number of anilines is 1. The average Bonchev–Trinajstić information content (AvgIpc) is 2.70. The molecule has 2 atom stereocenters. The smallest absolute Gasteiger partial charge is 0.308 e. The summed E-state index contributed by atoms with van der Waals surface area (Å²) in [7, 11) is 0. The molecule has 1 aromatic heterocycles. The van der Waals surface area contributed by atoms with Crippen LogP contribution in [0.15, 0.2) is 12.1 Å². The maximum atomic E-state index is 11.3. The van der Waals surface area contributed by atoms with E-state index in [9.17, 15) is 9.59 Å². The van der Waals surface area contributed by atoms with Gasteiger partial charge >= 0.3 is 5.97 Å². The predicted octanol–water partition coefficient (Wildman–Crippen LogP) is 0.788. The minimum Gasteiger partial charge on any atom is -0.481 e. The number of carboxylic acids is 1. The van der Waals surface area contributed by atoms with E-state index in [4.69, 9.17) is 10.8 Å². The van der Waals surface area contributed by atoms with Crippen LogP contribution in [0.25, 0.3) is 0 Å². The van der Waals surface area contributed by atoms with Crippen molar-refractivity contribution in [2.24, 2.45) is 11.7 Å². The molecule has 0 aliphatic carbocycles. The predicted molar refractivity (Wildman–Crippen MR) is 70.0 cm³/mol. The Balaban J connectivity index is 2.33. The minimum absolute atomic E-state index is 0.146. The van der Waals surface area contributed by atoms with E-state index >= 15 is 0 Å². The third-order valence-electron chi connectivity index (χ3n) is 3.59. The van der Waals surface area contributed by atoms with Crippen LogP contribution >= 0.6 is 0 Å². The van der Waals surface area contributed by atoms with E-state index in [1.54, 1.807) is 19.1 Å². The first-order valence-corrected chi connectivity index (χ1v) is 6.18. The zero-order valence-electron chi connectivity index (χ0n) is 11.0. The van der Waals surface area contributed by atoms with Crippen LogP contribution in [-0.2, 0) is 4.79 Å². The zero-order chi connectivity index (χ0) is 14.2. The number of hydrogen-bond donors (Lipinski definition) is 2. The fraction of sp³-hybridized carbons (Fsp3) is 0.462. The van der Waals surface area contributed by atoms with Gasteiger partial charge in [-0.3, -0.25) is 9.59 Å². The molecular weight excluding hydrogens is 246 g/mol. The van der Waals surface area contributed by atoms with E-state index in [-0.39, 0.29) is 6.04 Å². The van der Waals surface area contributed by atoms with Crippen molar-refractivity contribution in [1.82, 2.24) is 4.98 Å². The SMILES string of the molecule is Cc1cc(C(N)=O)cc(N2CCC(C(=O)O)C2C)n1. The topological polar surface area (TPSA) is 96.5 Å². The third-order valence-corrected chi connectivity index (χ3v) is 3.59. The Kier molecular flexibility index (Phi) is 3.42. The lowest BCUT2D eigenvalue weighted by atomic mass is 10.0. The Bertz CT molecular complexity index is 530. The number of primary amides is 1. The maximum absolute atomic E-state index is 11.3. The first-order chi connectivity index (χ1) is 8.90. The van der Waals surface area contributed by atoms with Crippen LogP contribution < -0.4 is 10.6 Å². The lowest BCUT2D eigenvalue weighted by Crippen LogP contribution is -2.33. The standard InChI is InChI=1S/C13H17N3O3/c1-7-5-9(12(14)17)6-11(15-7)16-4-3-10(8(16)2)13(18)19/h5-6,8,10H,3-4H2,1-2H3,(H2,14,17)(H,18,19). The lowest BCUT2D eigenvalue weighted by Gasteiger charge is -2.25. The molecule has 1 fully saturated rings.